The average Bonchev–Trinajstić information content (AvgIpc) is 3.45. The number of hydrogen-bond acceptors (Lipinski definition) is 6. The van der Waals surface area contributed by atoms with Crippen molar-refractivity contribution in [1.82, 2.24) is 25.1 Å². The quantitative estimate of drug-likeness (QED) is 0.401. The van der Waals surface area contributed by atoms with Crippen LogP contribution in [0, 0.1) is 0 Å². The first kappa shape index (κ1) is 23.2. The van der Waals surface area contributed by atoms with Crippen LogP contribution in [0.4, 0.5) is 11.6 Å². The fraction of sp³-hybridized carbons (Fsp3) is 0.214. The van der Waals surface area contributed by atoms with Crippen LogP contribution in [0.1, 0.15) is 17.2 Å². The minimum atomic E-state index is -0.224. The standard InChI is InChI=1S/C28H26ClN7O/c29-23-13-11-22(12-14-23)26-19-25(21-7-3-1-4-8-21)35(28-30-31-32-36(26)28)20-27(37)34-17-15-33(16-18-34)24-9-5-2-6-10-24/h1-14,19,26H,15-18,20H2/t26-/m0/s1. The molecule has 0 N–H and O–H groups in total. The Bertz CT molecular complexity index is 1400. The van der Waals surface area contributed by atoms with Crippen LogP contribution < -0.4 is 9.80 Å². The van der Waals surface area contributed by atoms with Crippen molar-refractivity contribution in [2.45, 2.75) is 6.04 Å². The van der Waals surface area contributed by atoms with E-state index in [0.29, 0.717) is 24.1 Å². The van der Waals surface area contributed by atoms with E-state index in [1.54, 1.807) is 4.68 Å². The predicted octanol–water partition coefficient (Wildman–Crippen LogP) is 4.13. The maximum absolute atomic E-state index is 13.6. The van der Waals surface area contributed by atoms with E-state index in [1.807, 2.05) is 82.6 Å². The largest absolute Gasteiger partial charge is 0.368 e. The van der Waals surface area contributed by atoms with E-state index in [1.165, 1.54) is 5.69 Å². The molecule has 4 aromatic rings. The molecule has 0 spiro atoms. The molecule has 186 valence electrons. The molecule has 6 rings (SSSR count). The first-order chi connectivity index (χ1) is 18.2. The number of allylic oxidation sites excluding steroid dienone is 1. The maximum atomic E-state index is 13.6. The summed E-state index contributed by atoms with van der Waals surface area (Å²) in [6, 6.07) is 27.8. The second-order valence-electron chi connectivity index (χ2n) is 9.13. The van der Waals surface area contributed by atoms with Gasteiger partial charge in [-0.2, -0.15) is 4.68 Å². The molecule has 0 bridgehead atoms. The third-order valence-electron chi connectivity index (χ3n) is 6.92. The number of piperazine rings is 1. The van der Waals surface area contributed by atoms with Crippen LogP contribution in [0.15, 0.2) is 91.0 Å². The first-order valence-electron chi connectivity index (χ1n) is 12.3. The topological polar surface area (TPSA) is 70.4 Å². The third kappa shape index (κ3) is 4.68. The second-order valence-corrected chi connectivity index (χ2v) is 9.56. The number of halogens is 1. The molecular formula is C28H26ClN7O. The number of aromatic nitrogens is 4. The molecule has 2 aliphatic rings. The van der Waals surface area contributed by atoms with Gasteiger partial charge in [-0.05, 0) is 51.9 Å². The number of carbonyl (C=O) groups excluding carboxylic acids is 1. The Balaban J connectivity index is 1.27. The summed E-state index contributed by atoms with van der Waals surface area (Å²) in [7, 11) is 0. The summed E-state index contributed by atoms with van der Waals surface area (Å²) < 4.78 is 1.76. The lowest BCUT2D eigenvalue weighted by atomic mass is 10.0. The molecule has 1 atom stereocenters. The van der Waals surface area contributed by atoms with E-state index in [-0.39, 0.29) is 18.5 Å². The van der Waals surface area contributed by atoms with Crippen molar-refractivity contribution in [2.75, 3.05) is 42.5 Å². The van der Waals surface area contributed by atoms with Crippen LogP contribution in [0.3, 0.4) is 0 Å². The summed E-state index contributed by atoms with van der Waals surface area (Å²) in [5, 5.41) is 13.3. The van der Waals surface area contributed by atoms with E-state index >= 15 is 0 Å². The van der Waals surface area contributed by atoms with Gasteiger partial charge in [-0.1, -0.05) is 77.4 Å². The fourth-order valence-electron chi connectivity index (χ4n) is 4.97. The predicted molar refractivity (Wildman–Crippen MR) is 144 cm³/mol. The van der Waals surface area contributed by atoms with Gasteiger partial charge in [0, 0.05) is 36.9 Å². The van der Waals surface area contributed by atoms with Crippen LogP contribution in [0.25, 0.3) is 5.70 Å². The number of para-hydroxylation sites is 1. The molecule has 1 amide bonds. The smallest absolute Gasteiger partial charge is 0.251 e. The number of nitrogens with zero attached hydrogens (tertiary/aromatic N) is 7. The number of tetrazole rings is 1. The highest BCUT2D eigenvalue weighted by atomic mass is 35.5. The molecule has 0 radical (unpaired) electrons. The summed E-state index contributed by atoms with van der Waals surface area (Å²) in [6.45, 7) is 3.09. The monoisotopic (exact) mass is 511 g/mol. The van der Waals surface area contributed by atoms with Crippen LogP contribution >= 0.6 is 11.6 Å². The highest BCUT2D eigenvalue weighted by Gasteiger charge is 2.33. The molecule has 37 heavy (non-hydrogen) atoms. The Morgan fingerprint density at radius 3 is 2.24 bits per heavy atom. The summed E-state index contributed by atoms with van der Waals surface area (Å²) in [4.78, 5) is 19.7. The van der Waals surface area contributed by atoms with Crippen LogP contribution in [-0.2, 0) is 4.79 Å². The van der Waals surface area contributed by atoms with E-state index < -0.39 is 0 Å². The van der Waals surface area contributed by atoms with Gasteiger partial charge >= 0.3 is 0 Å². The number of amides is 1. The summed E-state index contributed by atoms with van der Waals surface area (Å²) in [5.41, 5.74) is 4.10. The molecule has 3 aromatic carbocycles. The van der Waals surface area contributed by atoms with Crippen molar-refractivity contribution in [1.29, 1.82) is 0 Å². The number of fused-ring (bicyclic) bond motifs is 1. The Morgan fingerprint density at radius 2 is 1.54 bits per heavy atom. The zero-order valence-electron chi connectivity index (χ0n) is 20.2. The highest BCUT2D eigenvalue weighted by molar-refractivity contribution is 6.30. The number of carbonyl (C=O) groups is 1. The second kappa shape index (κ2) is 10.1. The fourth-order valence-corrected chi connectivity index (χ4v) is 5.09. The molecule has 1 saturated heterocycles. The van der Waals surface area contributed by atoms with Crippen molar-refractivity contribution >= 4 is 34.8 Å². The molecule has 1 fully saturated rings. The zero-order valence-corrected chi connectivity index (χ0v) is 20.9. The van der Waals surface area contributed by atoms with Gasteiger partial charge in [0.25, 0.3) is 5.95 Å². The molecule has 1 aromatic heterocycles. The summed E-state index contributed by atoms with van der Waals surface area (Å²) >= 11 is 6.14. The minimum Gasteiger partial charge on any atom is -0.368 e. The third-order valence-corrected chi connectivity index (χ3v) is 7.17. The molecule has 0 unspecified atom stereocenters. The SMILES string of the molecule is O=C(CN1C(c2ccccc2)=C[C@@H](c2ccc(Cl)cc2)n2nnnc21)N1CCN(c2ccccc2)CC1. The number of rotatable bonds is 5. The molecule has 0 saturated carbocycles. The Kier molecular flexibility index (Phi) is 6.32. The Hall–Kier alpha value is -4.17. The van der Waals surface area contributed by atoms with Gasteiger partial charge in [-0.25, -0.2) is 0 Å². The van der Waals surface area contributed by atoms with Crippen molar-refractivity contribution < 1.29 is 4.79 Å². The molecule has 2 aliphatic heterocycles. The van der Waals surface area contributed by atoms with E-state index in [9.17, 15) is 4.79 Å². The lowest BCUT2D eigenvalue weighted by Gasteiger charge is -2.38. The normalized spacial score (nSPS) is 17.4. The van der Waals surface area contributed by atoms with Gasteiger partial charge in [0.2, 0.25) is 5.91 Å². The van der Waals surface area contributed by atoms with E-state index in [2.05, 4.69) is 38.6 Å². The average molecular weight is 512 g/mol. The lowest BCUT2D eigenvalue weighted by Crippen LogP contribution is -2.51. The Morgan fingerprint density at radius 1 is 0.865 bits per heavy atom. The number of benzene rings is 3. The number of anilines is 2. The summed E-state index contributed by atoms with van der Waals surface area (Å²) in [5.74, 6) is 0.589. The molecule has 9 heteroatoms. The lowest BCUT2D eigenvalue weighted by molar-refractivity contribution is -0.129. The van der Waals surface area contributed by atoms with Crippen molar-refractivity contribution in [3.05, 3.63) is 107 Å². The summed E-state index contributed by atoms with van der Waals surface area (Å²) in [6.07, 6.45) is 2.11. The van der Waals surface area contributed by atoms with Crippen molar-refractivity contribution in [2.24, 2.45) is 0 Å². The van der Waals surface area contributed by atoms with Crippen LogP contribution in [0.5, 0.6) is 0 Å². The maximum Gasteiger partial charge on any atom is 0.251 e. The van der Waals surface area contributed by atoms with E-state index in [4.69, 9.17) is 11.6 Å². The zero-order chi connectivity index (χ0) is 25.2. The van der Waals surface area contributed by atoms with Gasteiger partial charge in [0.1, 0.15) is 12.6 Å². The molecule has 8 nitrogen and oxygen atoms in total. The van der Waals surface area contributed by atoms with Crippen LogP contribution in [0.2, 0.25) is 5.02 Å². The molecule has 3 heterocycles. The van der Waals surface area contributed by atoms with Gasteiger partial charge in [-0.15, -0.1) is 0 Å². The van der Waals surface area contributed by atoms with Crippen LogP contribution in [-0.4, -0.2) is 63.7 Å². The minimum absolute atomic E-state index is 0.0500. The van der Waals surface area contributed by atoms with E-state index in [0.717, 1.165) is 29.9 Å². The Labute approximate surface area is 220 Å². The van der Waals surface area contributed by atoms with Gasteiger partial charge < -0.3 is 9.80 Å². The van der Waals surface area contributed by atoms with Crippen molar-refractivity contribution in [3.63, 3.8) is 0 Å². The first-order valence-corrected chi connectivity index (χ1v) is 12.7. The van der Waals surface area contributed by atoms with Gasteiger partial charge in [-0.3, -0.25) is 9.69 Å². The van der Waals surface area contributed by atoms with Gasteiger partial charge in [0.15, 0.2) is 0 Å². The highest BCUT2D eigenvalue weighted by Crippen LogP contribution is 2.36. The number of hydrogen-bond donors (Lipinski definition) is 0. The molecule has 0 aliphatic carbocycles. The van der Waals surface area contributed by atoms with Gasteiger partial charge in [0.05, 0.1) is 5.70 Å². The molecular weight excluding hydrogens is 486 g/mol. The van der Waals surface area contributed by atoms with Crippen molar-refractivity contribution in [3.8, 4) is 0 Å².